The zero-order valence-corrected chi connectivity index (χ0v) is 11.9. The van der Waals surface area contributed by atoms with Crippen molar-refractivity contribution in [2.75, 3.05) is 13.7 Å². The molecule has 2 rings (SSSR count). The summed E-state index contributed by atoms with van der Waals surface area (Å²) in [6.45, 7) is 6.05. The lowest BCUT2D eigenvalue weighted by Crippen LogP contribution is -2.12. The lowest BCUT2D eigenvalue weighted by Gasteiger charge is -2.06. The molecular formula is C17H21NO. The van der Waals surface area contributed by atoms with Gasteiger partial charge in [-0.25, -0.2) is 0 Å². The van der Waals surface area contributed by atoms with E-state index in [-0.39, 0.29) is 0 Å². The summed E-state index contributed by atoms with van der Waals surface area (Å²) in [6.07, 6.45) is 2.20. The molecular weight excluding hydrogens is 234 g/mol. The average Bonchev–Trinajstić information content (AvgIpc) is 2.42. The summed E-state index contributed by atoms with van der Waals surface area (Å²) in [7, 11) is 1.70. The van der Waals surface area contributed by atoms with E-state index in [1.54, 1.807) is 7.11 Å². The van der Waals surface area contributed by atoms with E-state index in [1.165, 1.54) is 21.9 Å². The molecule has 1 N–H and O–H groups in total. The molecule has 19 heavy (non-hydrogen) atoms. The fourth-order valence-electron chi connectivity index (χ4n) is 2.00. The summed E-state index contributed by atoms with van der Waals surface area (Å²) in [5.41, 5.74) is 2.65. The van der Waals surface area contributed by atoms with E-state index < -0.39 is 0 Å². The lowest BCUT2D eigenvalue weighted by molar-refractivity contribution is 0.415. The molecule has 0 fully saturated rings. The monoisotopic (exact) mass is 255 g/mol. The Bertz CT molecular complexity index is 583. The van der Waals surface area contributed by atoms with Gasteiger partial charge >= 0.3 is 0 Å². The minimum absolute atomic E-state index is 0.895. The highest BCUT2D eigenvalue weighted by molar-refractivity contribution is 5.84. The molecule has 0 spiro atoms. The standard InChI is InChI=1S/C17H21NO/c1-13(2)8-9-18-12-14-4-5-16-11-17(19-3)7-6-15(16)10-14/h4-8,10-11,18H,9,12H2,1-3H3. The van der Waals surface area contributed by atoms with E-state index in [4.69, 9.17) is 4.74 Å². The minimum Gasteiger partial charge on any atom is -0.497 e. The van der Waals surface area contributed by atoms with Crippen LogP contribution < -0.4 is 10.1 Å². The van der Waals surface area contributed by atoms with Crippen LogP contribution in [0.2, 0.25) is 0 Å². The van der Waals surface area contributed by atoms with Crippen molar-refractivity contribution in [2.45, 2.75) is 20.4 Å². The van der Waals surface area contributed by atoms with Crippen LogP contribution in [-0.4, -0.2) is 13.7 Å². The number of hydrogen-bond donors (Lipinski definition) is 1. The molecule has 0 aliphatic carbocycles. The number of ether oxygens (including phenoxy) is 1. The zero-order valence-electron chi connectivity index (χ0n) is 11.9. The molecule has 100 valence electrons. The maximum absolute atomic E-state index is 5.24. The van der Waals surface area contributed by atoms with Crippen molar-refractivity contribution in [1.82, 2.24) is 5.32 Å². The van der Waals surface area contributed by atoms with Crippen LogP contribution in [0, 0.1) is 0 Å². The van der Waals surface area contributed by atoms with E-state index in [1.807, 2.05) is 6.07 Å². The Hall–Kier alpha value is -1.80. The van der Waals surface area contributed by atoms with E-state index in [0.717, 1.165) is 18.8 Å². The van der Waals surface area contributed by atoms with Gasteiger partial charge in [-0.05, 0) is 48.4 Å². The van der Waals surface area contributed by atoms with Crippen LogP contribution in [0.5, 0.6) is 5.75 Å². The van der Waals surface area contributed by atoms with Gasteiger partial charge in [-0.1, -0.05) is 29.8 Å². The average molecular weight is 255 g/mol. The molecule has 0 atom stereocenters. The zero-order chi connectivity index (χ0) is 13.7. The summed E-state index contributed by atoms with van der Waals surface area (Å²) in [5.74, 6) is 0.905. The molecule has 0 bridgehead atoms. The van der Waals surface area contributed by atoms with Gasteiger partial charge in [0, 0.05) is 13.1 Å². The number of rotatable bonds is 5. The SMILES string of the molecule is COc1ccc2cc(CNCC=C(C)C)ccc2c1. The molecule has 2 aromatic rings. The van der Waals surface area contributed by atoms with Crippen molar-refractivity contribution in [3.05, 3.63) is 53.6 Å². The molecule has 2 aromatic carbocycles. The van der Waals surface area contributed by atoms with Crippen LogP contribution >= 0.6 is 0 Å². The maximum atomic E-state index is 5.24. The van der Waals surface area contributed by atoms with Crippen LogP contribution in [-0.2, 0) is 6.54 Å². The van der Waals surface area contributed by atoms with E-state index in [9.17, 15) is 0 Å². The first-order valence-electron chi connectivity index (χ1n) is 6.60. The van der Waals surface area contributed by atoms with Crippen molar-refractivity contribution < 1.29 is 4.74 Å². The highest BCUT2D eigenvalue weighted by Gasteiger charge is 1.98. The smallest absolute Gasteiger partial charge is 0.119 e. The summed E-state index contributed by atoms with van der Waals surface area (Å²) < 4.78 is 5.24. The van der Waals surface area contributed by atoms with Gasteiger partial charge in [0.25, 0.3) is 0 Å². The van der Waals surface area contributed by atoms with E-state index in [0.29, 0.717) is 0 Å². The second-order valence-electron chi connectivity index (χ2n) is 4.96. The van der Waals surface area contributed by atoms with Crippen LogP contribution in [0.1, 0.15) is 19.4 Å². The Morgan fingerprint density at radius 1 is 1.11 bits per heavy atom. The summed E-state index contributed by atoms with van der Waals surface area (Å²) in [5, 5.41) is 5.89. The highest BCUT2D eigenvalue weighted by Crippen LogP contribution is 2.21. The van der Waals surface area contributed by atoms with Gasteiger partial charge in [-0.3, -0.25) is 0 Å². The fraction of sp³-hybridized carbons (Fsp3) is 0.294. The predicted octanol–water partition coefficient (Wildman–Crippen LogP) is 3.90. The Balaban J connectivity index is 2.07. The Labute approximate surface area is 115 Å². The highest BCUT2D eigenvalue weighted by atomic mass is 16.5. The van der Waals surface area contributed by atoms with Crippen LogP contribution in [0.4, 0.5) is 0 Å². The third kappa shape index (κ3) is 3.83. The van der Waals surface area contributed by atoms with Gasteiger partial charge in [0.1, 0.15) is 5.75 Å². The molecule has 0 amide bonds. The fourth-order valence-corrected chi connectivity index (χ4v) is 2.00. The van der Waals surface area contributed by atoms with Crippen molar-refractivity contribution in [3.63, 3.8) is 0 Å². The van der Waals surface area contributed by atoms with Crippen LogP contribution in [0.25, 0.3) is 10.8 Å². The van der Waals surface area contributed by atoms with Gasteiger partial charge in [0.2, 0.25) is 0 Å². The molecule has 0 saturated heterocycles. The summed E-state index contributed by atoms with van der Waals surface area (Å²) in [4.78, 5) is 0. The minimum atomic E-state index is 0.895. The molecule has 0 aromatic heterocycles. The summed E-state index contributed by atoms with van der Waals surface area (Å²) in [6, 6.07) is 12.7. The molecule has 2 heteroatoms. The van der Waals surface area contributed by atoms with Gasteiger partial charge in [-0.2, -0.15) is 0 Å². The first kappa shape index (κ1) is 13.6. The third-order valence-corrected chi connectivity index (χ3v) is 3.10. The number of allylic oxidation sites excluding steroid dienone is 1. The van der Waals surface area contributed by atoms with Crippen LogP contribution in [0.3, 0.4) is 0 Å². The van der Waals surface area contributed by atoms with Crippen LogP contribution in [0.15, 0.2) is 48.0 Å². The number of methoxy groups -OCH3 is 1. The molecule has 0 radical (unpaired) electrons. The lowest BCUT2D eigenvalue weighted by atomic mass is 10.1. The Morgan fingerprint density at radius 2 is 1.84 bits per heavy atom. The Kier molecular flexibility index (Phi) is 4.58. The number of fused-ring (bicyclic) bond motifs is 1. The van der Waals surface area contributed by atoms with Crippen molar-refractivity contribution in [1.29, 1.82) is 0 Å². The largest absolute Gasteiger partial charge is 0.497 e. The molecule has 0 aliphatic heterocycles. The first-order chi connectivity index (χ1) is 9.19. The van der Waals surface area contributed by atoms with E-state index >= 15 is 0 Å². The van der Waals surface area contributed by atoms with Gasteiger partial charge < -0.3 is 10.1 Å². The molecule has 0 unspecified atom stereocenters. The second kappa shape index (κ2) is 6.39. The van der Waals surface area contributed by atoms with Crippen molar-refractivity contribution >= 4 is 10.8 Å². The number of benzene rings is 2. The maximum Gasteiger partial charge on any atom is 0.119 e. The predicted molar refractivity (Wildman–Crippen MR) is 81.6 cm³/mol. The molecule has 0 saturated carbocycles. The van der Waals surface area contributed by atoms with Gasteiger partial charge in [0.05, 0.1) is 7.11 Å². The normalized spacial score (nSPS) is 10.5. The first-order valence-corrected chi connectivity index (χ1v) is 6.60. The topological polar surface area (TPSA) is 21.3 Å². The summed E-state index contributed by atoms with van der Waals surface area (Å²) >= 11 is 0. The second-order valence-corrected chi connectivity index (χ2v) is 4.96. The van der Waals surface area contributed by atoms with E-state index in [2.05, 4.69) is 55.6 Å². The molecule has 0 heterocycles. The molecule has 2 nitrogen and oxygen atoms in total. The van der Waals surface area contributed by atoms with Crippen molar-refractivity contribution in [3.8, 4) is 5.75 Å². The quantitative estimate of drug-likeness (QED) is 0.646. The molecule has 0 aliphatic rings. The van der Waals surface area contributed by atoms with Gasteiger partial charge in [-0.15, -0.1) is 0 Å². The van der Waals surface area contributed by atoms with Crippen molar-refractivity contribution in [2.24, 2.45) is 0 Å². The number of nitrogens with one attached hydrogen (secondary N) is 1. The number of hydrogen-bond acceptors (Lipinski definition) is 2. The third-order valence-electron chi connectivity index (χ3n) is 3.10. The Morgan fingerprint density at radius 3 is 2.58 bits per heavy atom. The van der Waals surface area contributed by atoms with Gasteiger partial charge in [0.15, 0.2) is 0 Å².